The number of phenolic OH excluding ortho intramolecular Hbond substituents is 1. The molecule has 206 valence electrons. The van der Waals surface area contributed by atoms with Crippen LogP contribution in [0.3, 0.4) is 0 Å². The van der Waals surface area contributed by atoms with Gasteiger partial charge in [0.2, 0.25) is 17.7 Å². The minimum atomic E-state index is -1.74. The molecule has 0 bridgehead atoms. The van der Waals surface area contributed by atoms with Gasteiger partial charge in [0.05, 0.1) is 18.6 Å². The minimum absolute atomic E-state index is 0.0430. The van der Waals surface area contributed by atoms with E-state index < -0.39 is 66.4 Å². The average molecular weight is 526 g/mol. The van der Waals surface area contributed by atoms with Crippen LogP contribution in [-0.2, 0) is 30.4 Å². The second kappa shape index (κ2) is 15.4. The van der Waals surface area contributed by atoms with Crippen molar-refractivity contribution in [2.75, 3.05) is 6.54 Å². The Hall–Kier alpha value is -3.75. The third-order valence-electron chi connectivity index (χ3n) is 5.37. The molecule has 0 radical (unpaired) electrons. The summed E-state index contributed by atoms with van der Waals surface area (Å²) in [5, 5.41) is 44.0. The summed E-state index contributed by atoms with van der Waals surface area (Å²) >= 11 is 0. The Morgan fingerprint density at radius 1 is 0.892 bits per heavy atom. The van der Waals surface area contributed by atoms with E-state index in [2.05, 4.69) is 10.6 Å². The zero-order valence-electron chi connectivity index (χ0n) is 20.4. The third-order valence-corrected chi connectivity index (χ3v) is 5.37. The van der Waals surface area contributed by atoms with Gasteiger partial charge in [0.1, 0.15) is 17.8 Å². The Balaban J connectivity index is 2.98. The molecule has 1 aromatic carbocycles. The number of hydrogen-bond acceptors (Lipinski definition) is 9. The predicted molar refractivity (Wildman–Crippen MR) is 130 cm³/mol. The Morgan fingerprint density at radius 3 is 1.97 bits per heavy atom. The fourth-order valence-electron chi connectivity index (χ4n) is 3.32. The van der Waals surface area contributed by atoms with Crippen LogP contribution >= 0.6 is 0 Å². The number of hydrogen-bond donors (Lipinski definition) is 9. The Bertz CT molecular complexity index is 939. The number of rotatable bonds is 16. The lowest BCUT2D eigenvalue weighted by Crippen LogP contribution is -2.58. The van der Waals surface area contributed by atoms with Crippen LogP contribution < -0.4 is 27.4 Å². The van der Waals surface area contributed by atoms with E-state index in [-0.39, 0.29) is 18.6 Å². The minimum Gasteiger partial charge on any atom is -0.508 e. The number of aromatic hydroxyl groups is 1. The second-order valence-corrected chi connectivity index (χ2v) is 8.55. The van der Waals surface area contributed by atoms with E-state index in [1.54, 1.807) is 12.1 Å². The number of nitrogens with two attached hydrogens (primary N) is 2. The smallest absolute Gasteiger partial charge is 0.328 e. The molecular formula is C23H35N5O9. The molecule has 14 nitrogen and oxygen atoms in total. The van der Waals surface area contributed by atoms with Gasteiger partial charge in [-0.3, -0.25) is 19.2 Å². The zero-order valence-corrected chi connectivity index (χ0v) is 20.4. The summed E-state index contributed by atoms with van der Waals surface area (Å²) in [5.74, 6) is -5.67. The molecule has 0 aliphatic carbocycles. The molecule has 0 heterocycles. The number of carboxylic acid groups (broad SMARTS) is 2. The quantitative estimate of drug-likeness (QED) is 0.104. The van der Waals surface area contributed by atoms with Gasteiger partial charge >= 0.3 is 11.9 Å². The highest BCUT2D eigenvalue weighted by molar-refractivity contribution is 5.95. The van der Waals surface area contributed by atoms with Crippen LogP contribution in [-0.4, -0.2) is 86.9 Å². The first-order chi connectivity index (χ1) is 17.3. The summed E-state index contributed by atoms with van der Waals surface area (Å²) in [4.78, 5) is 60.8. The highest BCUT2D eigenvalue weighted by Gasteiger charge is 2.33. The number of amides is 3. The van der Waals surface area contributed by atoms with Crippen LogP contribution in [0.4, 0.5) is 0 Å². The van der Waals surface area contributed by atoms with Gasteiger partial charge in [-0.1, -0.05) is 12.1 Å². The lowest BCUT2D eigenvalue weighted by molar-refractivity contribution is -0.146. The van der Waals surface area contributed by atoms with Crippen LogP contribution in [0.5, 0.6) is 5.75 Å². The van der Waals surface area contributed by atoms with Gasteiger partial charge in [-0.05, 0) is 56.8 Å². The molecule has 3 amide bonds. The first-order valence-corrected chi connectivity index (χ1v) is 11.6. The molecule has 37 heavy (non-hydrogen) atoms. The van der Waals surface area contributed by atoms with Crippen LogP contribution in [0.15, 0.2) is 24.3 Å². The standard InChI is InChI=1S/C23H35N5O9/c1-12(29)19(23(36)37)28-22(35)17(11-18(31)32)27-21(34)16(4-2-3-9-24)26-20(33)15(25)10-13-5-7-14(30)8-6-13/h5-8,12,15-17,19,29-30H,2-4,9-11,24-25H2,1H3,(H,26,33)(H,27,34)(H,28,35)(H,31,32)(H,36,37). The van der Waals surface area contributed by atoms with E-state index in [1.807, 2.05) is 5.32 Å². The van der Waals surface area contributed by atoms with Crippen LogP contribution in [0.25, 0.3) is 0 Å². The van der Waals surface area contributed by atoms with Gasteiger partial charge in [-0.2, -0.15) is 0 Å². The first-order valence-electron chi connectivity index (χ1n) is 11.6. The number of aliphatic hydroxyl groups is 1. The molecule has 1 rings (SSSR count). The average Bonchev–Trinajstić information content (AvgIpc) is 2.81. The maximum Gasteiger partial charge on any atom is 0.328 e. The Morgan fingerprint density at radius 2 is 1.46 bits per heavy atom. The van der Waals surface area contributed by atoms with Crippen molar-refractivity contribution in [2.24, 2.45) is 11.5 Å². The lowest BCUT2D eigenvalue weighted by Gasteiger charge is -2.25. The van der Waals surface area contributed by atoms with Crippen molar-refractivity contribution in [1.82, 2.24) is 16.0 Å². The summed E-state index contributed by atoms with van der Waals surface area (Å²) < 4.78 is 0. The molecule has 1 aromatic rings. The molecule has 0 saturated heterocycles. The highest BCUT2D eigenvalue weighted by atomic mass is 16.4. The Kier molecular flexibility index (Phi) is 13.0. The fraction of sp³-hybridized carbons (Fsp3) is 0.522. The number of carboxylic acids is 2. The van der Waals surface area contributed by atoms with Gasteiger partial charge in [0, 0.05) is 0 Å². The second-order valence-electron chi connectivity index (χ2n) is 8.55. The predicted octanol–water partition coefficient (Wildman–Crippen LogP) is -2.21. The number of carbonyl (C=O) groups is 5. The molecule has 14 heteroatoms. The van der Waals surface area contributed by atoms with Crippen LogP contribution in [0.2, 0.25) is 0 Å². The molecule has 5 unspecified atom stereocenters. The van der Waals surface area contributed by atoms with E-state index in [1.165, 1.54) is 12.1 Å². The zero-order chi connectivity index (χ0) is 28.1. The maximum absolute atomic E-state index is 13.0. The van der Waals surface area contributed by atoms with Gasteiger partial charge in [-0.15, -0.1) is 0 Å². The van der Waals surface area contributed by atoms with Gasteiger partial charge < -0.3 is 47.8 Å². The number of unbranched alkanes of at least 4 members (excludes halogenated alkanes) is 1. The summed E-state index contributed by atoms with van der Waals surface area (Å²) in [7, 11) is 0. The SMILES string of the molecule is CC(O)C(NC(=O)C(CC(=O)O)NC(=O)C(CCCCN)NC(=O)C(N)Cc1ccc(O)cc1)C(=O)O. The van der Waals surface area contributed by atoms with Crippen LogP contribution in [0.1, 0.15) is 38.2 Å². The van der Waals surface area contributed by atoms with Crippen molar-refractivity contribution in [1.29, 1.82) is 0 Å². The molecule has 11 N–H and O–H groups in total. The topological polar surface area (TPSA) is 254 Å². The van der Waals surface area contributed by atoms with Crippen molar-refractivity contribution in [3.63, 3.8) is 0 Å². The number of benzene rings is 1. The van der Waals surface area contributed by atoms with E-state index in [4.69, 9.17) is 16.6 Å². The van der Waals surface area contributed by atoms with Gasteiger partial charge in [0.25, 0.3) is 0 Å². The monoisotopic (exact) mass is 525 g/mol. The summed E-state index contributed by atoms with van der Waals surface area (Å²) in [5.41, 5.74) is 12.1. The molecular weight excluding hydrogens is 490 g/mol. The van der Waals surface area contributed by atoms with Crippen molar-refractivity contribution < 1.29 is 44.4 Å². The van der Waals surface area contributed by atoms with Gasteiger partial charge in [0.15, 0.2) is 6.04 Å². The third kappa shape index (κ3) is 11.2. The Labute approximate surface area is 213 Å². The first kappa shape index (κ1) is 31.3. The number of carbonyl (C=O) groups excluding carboxylic acids is 3. The fourth-order valence-corrected chi connectivity index (χ4v) is 3.32. The molecule has 5 atom stereocenters. The summed E-state index contributed by atoms with van der Waals surface area (Å²) in [6, 6.07) is 0.354. The normalized spacial score (nSPS) is 14.9. The van der Waals surface area contributed by atoms with Crippen molar-refractivity contribution >= 4 is 29.7 Å². The number of nitrogens with one attached hydrogen (secondary N) is 3. The van der Waals surface area contributed by atoms with Crippen molar-refractivity contribution in [2.45, 2.75) is 69.3 Å². The number of aliphatic carboxylic acids is 2. The number of phenols is 1. The summed E-state index contributed by atoms with van der Waals surface area (Å²) in [6.07, 6.45) is -1.24. The summed E-state index contributed by atoms with van der Waals surface area (Å²) in [6.45, 7) is 1.44. The lowest BCUT2D eigenvalue weighted by atomic mass is 10.0. The van der Waals surface area contributed by atoms with Crippen molar-refractivity contribution in [3.8, 4) is 5.75 Å². The largest absolute Gasteiger partial charge is 0.508 e. The van der Waals surface area contributed by atoms with E-state index in [0.29, 0.717) is 24.9 Å². The number of aliphatic hydroxyl groups excluding tert-OH is 1. The highest BCUT2D eigenvalue weighted by Crippen LogP contribution is 2.11. The molecule has 0 aliphatic heterocycles. The van der Waals surface area contributed by atoms with E-state index in [0.717, 1.165) is 6.92 Å². The molecule has 0 aromatic heterocycles. The molecule has 0 aliphatic rings. The van der Waals surface area contributed by atoms with E-state index >= 15 is 0 Å². The molecule has 0 spiro atoms. The maximum atomic E-state index is 13.0. The van der Waals surface area contributed by atoms with Crippen molar-refractivity contribution in [3.05, 3.63) is 29.8 Å². The van der Waals surface area contributed by atoms with E-state index in [9.17, 15) is 39.3 Å². The van der Waals surface area contributed by atoms with Crippen LogP contribution in [0, 0.1) is 0 Å². The van der Waals surface area contributed by atoms with Gasteiger partial charge in [-0.25, -0.2) is 4.79 Å². The molecule has 0 fully saturated rings. The molecule has 0 saturated carbocycles.